The van der Waals surface area contributed by atoms with Gasteiger partial charge in [-0.15, -0.1) is 10.2 Å². The monoisotopic (exact) mass is 359 g/mol. The number of aromatic nitrogens is 2. The molecule has 0 saturated heterocycles. The zero-order valence-corrected chi connectivity index (χ0v) is 15.6. The van der Waals surface area contributed by atoms with Gasteiger partial charge in [-0.25, -0.2) is 0 Å². The summed E-state index contributed by atoms with van der Waals surface area (Å²) in [6.45, 7) is 2.06. The quantitative estimate of drug-likeness (QED) is 0.496. The zero-order chi connectivity index (χ0) is 18.8. The molecule has 0 aliphatic rings. The standard InChI is InChI=1S/C22H21N3O2/c1-15(25(2)19-11-8-16-6-4-5-7-18(16)14-19)21-23-24-22(27-21)17-9-12-20(26-3)13-10-17/h4-15H,1-3H3/t15-/m1/s1. The summed E-state index contributed by atoms with van der Waals surface area (Å²) >= 11 is 0. The normalized spacial score (nSPS) is 12.1. The molecule has 0 N–H and O–H groups in total. The largest absolute Gasteiger partial charge is 0.497 e. The van der Waals surface area contributed by atoms with Crippen molar-refractivity contribution in [3.63, 3.8) is 0 Å². The van der Waals surface area contributed by atoms with Gasteiger partial charge in [0.2, 0.25) is 11.8 Å². The molecule has 27 heavy (non-hydrogen) atoms. The average molecular weight is 359 g/mol. The second-order valence-corrected chi connectivity index (χ2v) is 6.49. The Labute approximate surface area is 158 Å². The zero-order valence-electron chi connectivity index (χ0n) is 15.6. The number of anilines is 1. The van der Waals surface area contributed by atoms with E-state index in [2.05, 4.69) is 58.4 Å². The summed E-state index contributed by atoms with van der Waals surface area (Å²) in [4.78, 5) is 2.14. The number of methoxy groups -OCH3 is 1. The highest BCUT2D eigenvalue weighted by Crippen LogP contribution is 2.29. The lowest BCUT2D eigenvalue weighted by Gasteiger charge is -2.24. The van der Waals surface area contributed by atoms with E-state index in [1.807, 2.05) is 37.4 Å². The molecule has 3 aromatic carbocycles. The molecule has 4 rings (SSSR count). The van der Waals surface area contributed by atoms with E-state index in [-0.39, 0.29) is 6.04 Å². The minimum absolute atomic E-state index is 0.0503. The van der Waals surface area contributed by atoms with Crippen molar-refractivity contribution in [1.29, 1.82) is 0 Å². The third kappa shape index (κ3) is 3.36. The maximum atomic E-state index is 5.93. The Balaban J connectivity index is 1.57. The number of ether oxygens (including phenoxy) is 1. The highest BCUT2D eigenvalue weighted by Gasteiger charge is 2.20. The molecular formula is C22H21N3O2. The summed E-state index contributed by atoms with van der Waals surface area (Å²) in [6, 6.07) is 22.3. The first-order valence-electron chi connectivity index (χ1n) is 8.85. The molecule has 0 bridgehead atoms. The Morgan fingerprint density at radius 2 is 1.67 bits per heavy atom. The first-order valence-corrected chi connectivity index (χ1v) is 8.85. The van der Waals surface area contributed by atoms with Crippen molar-refractivity contribution in [3.8, 4) is 17.2 Å². The Hall–Kier alpha value is -3.34. The topological polar surface area (TPSA) is 51.4 Å². The van der Waals surface area contributed by atoms with Crippen LogP contribution in [0.2, 0.25) is 0 Å². The number of fused-ring (bicyclic) bond motifs is 1. The van der Waals surface area contributed by atoms with E-state index in [0.29, 0.717) is 11.8 Å². The van der Waals surface area contributed by atoms with Crippen LogP contribution in [0, 0.1) is 0 Å². The van der Waals surface area contributed by atoms with Gasteiger partial charge < -0.3 is 14.1 Å². The fourth-order valence-corrected chi connectivity index (χ4v) is 3.04. The van der Waals surface area contributed by atoms with E-state index in [0.717, 1.165) is 17.0 Å². The number of rotatable bonds is 5. The van der Waals surface area contributed by atoms with Crippen molar-refractivity contribution in [2.75, 3.05) is 19.1 Å². The Morgan fingerprint density at radius 1 is 0.926 bits per heavy atom. The van der Waals surface area contributed by atoms with Crippen LogP contribution < -0.4 is 9.64 Å². The summed E-state index contributed by atoms with van der Waals surface area (Å²) in [5.74, 6) is 1.88. The molecule has 5 heteroatoms. The lowest BCUT2D eigenvalue weighted by atomic mass is 10.1. The molecule has 1 atom stereocenters. The van der Waals surface area contributed by atoms with Crippen LogP contribution in [0.1, 0.15) is 18.9 Å². The van der Waals surface area contributed by atoms with Gasteiger partial charge in [0.05, 0.1) is 7.11 Å². The van der Waals surface area contributed by atoms with Crippen molar-refractivity contribution in [1.82, 2.24) is 10.2 Å². The predicted molar refractivity (Wildman–Crippen MR) is 107 cm³/mol. The lowest BCUT2D eigenvalue weighted by Crippen LogP contribution is -2.21. The molecular weight excluding hydrogens is 338 g/mol. The van der Waals surface area contributed by atoms with E-state index >= 15 is 0 Å². The Bertz CT molecular complexity index is 1060. The van der Waals surface area contributed by atoms with Crippen molar-refractivity contribution < 1.29 is 9.15 Å². The van der Waals surface area contributed by atoms with Gasteiger partial charge in [-0.1, -0.05) is 30.3 Å². The van der Waals surface area contributed by atoms with Gasteiger partial charge in [-0.3, -0.25) is 0 Å². The van der Waals surface area contributed by atoms with Gasteiger partial charge >= 0.3 is 0 Å². The molecule has 4 aromatic rings. The third-order valence-electron chi connectivity index (χ3n) is 4.86. The lowest BCUT2D eigenvalue weighted by molar-refractivity contribution is 0.414. The number of hydrogen-bond acceptors (Lipinski definition) is 5. The molecule has 1 heterocycles. The fraction of sp³-hybridized carbons (Fsp3) is 0.182. The van der Waals surface area contributed by atoms with Crippen LogP contribution in [0.15, 0.2) is 71.1 Å². The third-order valence-corrected chi connectivity index (χ3v) is 4.86. The van der Waals surface area contributed by atoms with Gasteiger partial charge in [-0.2, -0.15) is 0 Å². The molecule has 0 saturated carbocycles. The molecule has 0 spiro atoms. The maximum Gasteiger partial charge on any atom is 0.247 e. The van der Waals surface area contributed by atoms with Crippen LogP contribution in [0.3, 0.4) is 0 Å². The summed E-state index contributed by atoms with van der Waals surface area (Å²) in [7, 11) is 3.68. The van der Waals surface area contributed by atoms with E-state index in [1.165, 1.54) is 10.8 Å². The van der Waals surface area contributed by atoms with Gasteiger partial charge in [0.1, 0.15) is 11.8 Å². The molecule has 0 aliphatic carbocycles. The molecule has 0 unspecified atom stereocenters. The smallest absolute Gasteiger partial charge is 0.247 e. The fourth-order valence-electron chi connectivity index (χ4n) is 3.04. The van der Waals surface area contributed by atoms with Gasteiger partial charge in [0.25, 0.3) is 0 Å². The molecule has 0 aliphatic heterocycles. The second kappa shape index (κ2) is 7.11. The minimum Gasteiger partial charge on any atom is -0.497 e. The van der Waals surface area contributed by atoms with Crippen LogP contribution in [0.4, 0.5) is 5.69 Å². The van der Waals surface area contributed by atoms with Crippen molar-refractivity contribution >= 4 is 16.5 Å². The van der Waals surface area contributed by atoms with Gasteiger partial charge in [0.15, 0.2) is 0 Å². The molecule has 136 valence electrons. The van der Waals surface area contributed by atoms with Crippen molar-refractivity contribution in [2.24, 2.45) is 0 Å². The summed E-state index contributed by atoms with van der Waals surface area (Å²) in [5, 5.41) is 10.9. The van der Waals surface area contributed by atoms with Crippen LogP contribution in [0.5, 0.6) is 5.75 Å². The number of nitrogens with zero attached hydrogens (tertiary/aromatic N) is 3. The Kier molecular flexibility index (Phi) is 4.50. The second-order valence-electron chi connectivity index (χ2n) is 6.49. The van der Waals surface area contributed by atoms with E-state index < -0.39 is 0 Å². The maximum absolute atomic E-state index is 5.93. The number of hydrogen-bond donors (Lipinski definition) is 0. The summed E-state index contributed by atoms with van der Waals surface area (Å²) in [6.07, 6.45) is 0. The predicted octanol–water partition coefficient (Wildman–Crippen LogP) is 5.10. The summed E-state index contributed by atoms with van der Waals surface area (Å²) in [5.41, 5.74) is 1.97. The van der Waals surface area contributed by atoms with Crippen molar-refractivity contribution in [3.05, 3.63) is 72.6 Å². The van der Waals surface area contributed by atoms with E-state index in [9.17, 15) is 0 Å². The van der Waals surface area contributed by atoms with E-state index in [4.69, 9.17) is 9.15 Å². The van der Waals surface area contributed by atoms with Crippen LogP contribution in [-0.4, -0.2) is 24.4 Å². The van der Waals surface area contributed by atoms with Crippen LogP contribution in [0.25, 0.3) is 22.2 Å². The Morgan fingerprint density at radius 3 is 2.41 bits per heavy atom. The molecule has 1 aromatic heterocycles. The molecule has 0 amide bonds. The molecule has 0 fully saturated rings. The highest BCUT2D eigenvalue weighted by atomic mass is 16.5. The number of benzene rings is 3. The molecule has 5 nitrogen and oxygen atoms in total. The average Bonchev–Trinajstić information content (AvgIpc) is 3.22. The first-order chi connectivity index (χ1) is 13.2. The van der Waals surface area contributed by atoms with E-state index in [1.54, 1.807) is 7.11 Å². The van der Waals surface area contributed by atoms with Gasteiger partial charge in [-0.05, 0) is 54.1 Å². The summed E-state index contributed by atoms with van der Waals surface area (Å²) < 4.78 is 11.1. The van der Waals surface area contributed by atoms with Crippen LogP contribution >= 0.6 is 0 Å². The SMILES string of the molecule is COc1ccc(-c2nnc([C@@H](C)N(C)c3ccc4ccccc4c3)o2)cc1. The minimum atomic E-state index is -0.0503. The van der Waals surface area contributed by atoms with Crippen molar-refractivity contribution in [2.45, 2.75) is 13.0 Å². The molecule has 0 radical (unpaired) electrons. The van der Waals surface area contributed by atoms with Gasteiger partial charge in [0, 0.05) is 18.3 Å². The highest BCUT2D eigenvalue weighted by molar-refractivity contribution is 5.85. The van der Waals surface area contributed by atoms with Crippen LogP contribution in [-0.2, 0) is 0 Å². The first kappa shape index (κ1) is 17.1.